The first-order valence-corrected chi connectivity index (χ1v) is 4.85. The van der Waals surface area contributed by atoms with Gasteiger partial charge in [-0.15, -0.1) is 10.8 Å². The van der Waals surface area contributed by atoms with Crippen molar-refractivity contribution in [3.05, 3.63) is 24.0 Å². The number of nitrogens with one attached hydrogen (secondary N) is 1. The normalized spacial score (nSPS) is 22.0. The molecule has 0 aliphatic carbocycles. The van der Waals surface area contributed by atoms with Crippen molar-refractivity contribution < 1.29 is 9.11 Å². The zero-order valence-electron chi connectivity index (χ0n) is 5.69. The van der Waals surface area contributed by atoms with Crippen molar-refractivity contribution in [2.24, 2.45) is 0 Å². The van der Waals surface area contributed by atoms with Crippen molar-refractivity contribution in [3.63, 3.8) is 0 Å². The van der Waals surface area contributed by atoms with Gasteiger partial charge in [-0.2, -0.15) is 0 Å². The molecule has 0 radical (unpaired) electrons. The Labute approximate surface area is 65.8 Å². The number of nitrogens with zero attached hydrogens (tertiary/aromatic N) is 1. The van der Waals surface area contributed by atoms with Crippen LogP contribution in [0.25, 0.3) is 0 Å². The molecule has 0 atom stereocenters. The van der Waals surface area contributed by atoms with Gasteiger partial charge in [0.15, 0.2) is 0 Å². The largest absolute Gasteiger partial charge is 0.283 e. The van der Waals surface area contributed by atoms with Gasteiger partial charge in [-0.1, -0.05) is 0 Å². The minimum absolute atomic E-state index is 0.296. The Kier molecular flexibility index (Phi) is 1.32. The van der Waals surface area contributed by atoms with Crippen molar-refractivity contribution in [3.8, 4) is 0 Å². The fourth-order valence-corrected chi connectivity index (χ4v) is 2.36. The van der Waals surface area contributed by atoms with Crippen molar-refractivity contribution in [2.45, 2.75) is 5.75 Å². The third-order valence-electron chi connectivity index (χ3n) is 1.54. The van der Waals surface area contributed by atoms with E-state index in [0.29, 0.717) is 5.75 Å². The van der Waals surface area contributed by atoms with Crippen LogP contribution in [0.3, 0.4) is 0 Å². The average Bonchev–Trinajstić information content (AvgIpc) is 2.21. The monoisotopic (exact) mass is 172 g/mol. The molecule has 0 amide bonds. The van der Waals surface area contributed by atoms with Crippen LogP contribution in [0.4, 0.5) is 5.69 Å². The van der Waals surface area contributed by atoms with Gasteiger partial charge in [0.1, 0.15) is 0 Å². The lowest BCUT2D eigenvalue weighted by Gasteiger charge is -2.25. The summed E-state index contributed by atoms with van der Waals surface area (Å²) in [7, 11) is -2.60. The molecule has 4 nitrogen and oxygen atoms in total. The van der Waals surface area contributed by atoms with Crippen LogP contribution < -0.4 is 4.72 Å². The van der Waals surface area contributed by atoms with E-state index in [4.69, 9.17) is 0 Å². The summed E-state index contributed by atoms with van der Waals surface area (Å²) in [6.45, 7) is 0. The molecule has 0 bridgehead atoms. The first-order chi connectivity index (χ1) is 5.17. The molecule has 1 aromatic heterocycles. The van der Waals surface area contributed by atoms with Crippen LogP contribution in [-0.4, -0.2) is 14.1 Å². The van der Waals surface area contributed by atoms with Crippen LogP contribution in [0, 0.1) is 0 Å². The number of hydrogen-bond donors (Lipinski definition) is 3. The van der Waals surface area contributed by atoms with E-state index in [9.17, 15) is 9.11 Å². The Morgan fingerprint density at radius 1 is 1.55 bits per heavy atom. The topological polar surface area (TPSA) is 65.4 Å². The first-order valence-electron chi connectivity index (χ1n) is 3.14. The minimum atomic E-state index is -2.60. The summed E-state index contributed by atoms with van der Waals surface area (Å²) in [5, 5.41) is 0. The van der Waals surface area contributed by atoms with Crippen LogP contribution in [0.5, 0.6) is 0 Å². The molecule has 11 heavy (non-hydrogen) atoms. The summed E-state index contributed by atoms with van der Waals surface area (Å²) < 4.78 is 21.0. The second-order valence-electron chi connectivity index (χ2n) is 2.45. The predicted octanol–water partition coefficient (Wildman–Crippen LogP) is 1.67. The summed E-state index contributed by atoms with van der Waals surface area (Å²) in [5.74, 6) is 0.296. The van der Waals surface area contributed by atoms with Gasteiger partial charge in [0.2, 0.25) is 0 Å². The number of aromatic nitrogens is 1. The van der Waals surface area contributed by atoms with E-state index in [1.54, 1.807) is 18.5 Å². The van der Waals surface area contributed by atoms with Gasteiger partial charge < -0.3 is 0 Å². The van der Waals surface area contributed by atoms with Crippen molar-refractivity contribution >= 4 is 16.5 Å². The van der Waals surface area contributed by atoms with E-state index in [1.165, 1.54) is 0 Å². The number of rotatable bonds is 0. The van der Waals surface area contributed by atoms with E-state index < -0.39 is 10.8 Å². The maximum atomic E-state index is 9.22. The lowest BCUT2D eigenvalue weighted by molar-refractivity contribution is 0.496. The van der Waals surface area contributed by atoms with E-state index in [-0.39, 0.29) is 0 Å². The van der Waals surface area contributed by atoms with Gasteiger partial charge in [-0.05, 0) is 6.07 Å². The predicted molar refractivity (Wildman–Crippen MR) is 44.4 cm³/mol. The van der Waals surface area contributed by atoms with E-state index in [0.717, 1.165) is 11.3 Å². The molecule has 0 unspecified atom stereocenters. The molecule has 0 saturated carbocycles. The quantitative estimate of drug-likeness (QED) is 0.557. The lowest BCUT2D eigenvalue weighted by Crippen LogP contribution is -2.01. The van der Waals surface area contributed by atoms with Crippen molar-refractivity contribution in [1.29, 1.82) is 0 Å². The fraction of sp³-hybridized carbons (Fsp3) is 0.167. The van der Waals surface area contributed by atoms with Gasteiger partial charge in [-0.25, -0.2) is 0 Å². The number of fused-ring (bicyclic) bond motifs is 1. The molecule has 5 heteroatoms. The molecular formula is C6H8N2O2S. The Bertz CT molecular complexity index is 263. The van der Waals surface area contributed by atoms with Crippen molar-refractivity contribution in [1.82, 2.24) is 4.98 Å². The third-order valence-corrected chi connectivity index (χ3v) is 2.80. The summed E-state index contributed by atoms with van der Waals surface area (Å²) in [5.41, 5.74) is 1.65. The molecule has 2 rings (SSSR count). The minimum Gasteiger partial charge on any atom is -0.283 e. The molecule has 1 aromatic rings. The van der Waals surface area contributed by atoms with Crippen LogP contribution in [-0.2, 0) is 5.75 Å². The zero-order valence-corrected chi connectivity index (χ0v) is 6.51. The smallest absolute Gasteiger partial charge is 0.0847 e. The summed E-state index contributed by atoms with van der Waals surface area (Å²) in [6.07, 6.45) is 3.23. The Morgan fingerprint density at radius 2 is 2.36 bits per heavy atom. The summed E-state index contributed by atoms with van der Waals surface area (Å²) in [4.78, 5) is 3.85. The van der Waals surface area contributed by atoms with E-state index in [2.05, 4.69) is 9.71 Å². The summed E-state index contributed by atoms with van der Waals surface area (Å²) >= 11 is 0. The number of pyridine rings is 1. The SMILES string of the molecule is OS1(O)Cc2ccncc2N1. The van der Waals surface area contributed by atoms with Gasteiger partial charge in [-0.3, -0.25) is 18.8 Å². The number of hydrogen-bond acceptors (Lipinski definition) is 4. The Hall–Kier alpha value is -0.780. The lowest BCUT2D eigenvalue weighted by atomic mass is 10.3. The van der Waals surface area contributed by atoms with Crippen LogP contribution in [0.15, 0.2) is 18.5 Å². The zero-order chi connectivity index (χ0) is 7.90. The van der Waals surface area contributed by atoms with Gasteiger partial charge in [0.25, 0.3) is 0 Å². The fourth-order valence-electron chi connectivity index (χ4n) is 1.07. The van der Waals surface area contributed by atoms with Crippen LogP contribution in [0.2, 0.25) is 0 Å². The van der Waals surface area contributed by atoms with Gasteiger partial charge >= 0.3 is 0 Å². The molecule has 2 heterocycles. The highest BCUT2D eigenvalue weighted by atomic mass is 32.3. The third kappa shape index (κ3) is 1.18. The standard InChI is InChI=1S/C6H8N2O2S/c9-11(10)4-5-1-2-7-3-6(5)8-11/h1-3,8-10H,4H2. The highest BCUT2D eigenvalue weighted by Crippen LogP contribution is 2.49. The maximum absolute atomic E-state index is 9.22. The van der Waals surface area contributed by atoms with Crippen molar-refractivity contribution in [2.75, 3.05) is 4.72 Å². The first kappa shape index (κ1) is 6.90. The summed E-state index contributed by atoms with van der Waals surface area (Å²) in [6, 6.07) is 1.78. The van der Waals surface area contributed by atoms with Crippen LogP contribution in [0.1, 0.15) is 5.56 Å². The molecular weight excluding hydrogens is 164 g/mol. The highest BCUT2D eigenvalue weighted by molar-refractivity contribution is 8.25. The van der Waals surface area contributed by atoms with E-state index >= 15 is 0 Å². The molecule has 0 spiro atoms. The highest BCUT2D eigenvalue weighted by Gasteiger charge is 2.23. The van der Waals surface area contributed by atoms with E-state index in [1.807, 2.05) is 0 Å². The second kappa shape index (κ2) is 2.10. The molecule has 0 aromatic carbocycles. The molecule has 0 saturated heterocycles. The van der Waals surface area contributed by atoms with Crippen LogP contribution >= 0.6 is 10.8 Å². The van der Waals surface area contributed by atoms with Gasteiger partial charge in [0, 0.05) is 11.8 Å². The molecule has 1 aliphatic rings. The van der Waals surface area contributed by atoms with Gasteiger partial charge in [0.05, 0.1) is 17.6 Å². The molecule has 60 valence electrons. The molecule has 0 fully saturated rings. The Morgan fingerprint density at radius 3 is 3.09 bits per heavy atom. The average molecular weight is 172 g/mol. The maximum Gasteiger partial charge on any atom is 0.0847 e. The Balaban J connectivity index is 2.41. The second-order valence-corrected chi connectivity index (χ2v) is 4.27. The number of anilines is 1. The molecule has 3 N–H and O–H groups in total. The molecule has 1 aliphatic heterocycles.